The van der Waals surface area contributed by atoms with Crippen molar-refractivity contribution in [1.82, 2.24) is 20.3 Å². The molecule has 1 aromatic heterocycles. The van der Waals surface area contributed by atoms with Gasteiger partial charge in [-0.15, -0.1) is 0 Å². The van der Waals surface area contributed by atoms with Crippen LogP contribution in [0.25, 0.3) is 5.69 Å². The van der Waals surface area contributed by atoms with E-state index in [1.807, 2.05) is 36.5 Å². The van der Waals surface area contributed by atoms with Gasteiger partial charge >= 0.3 is 0 Å². The minimum Gasteiger partial charge on any atom is -0.311 e. The lowest BCUT2D eigenvalue weighted by Gasteiger charge is -2.33. The predicted octanol–water partition coefficient (Wildman–Crippen LogP) is 3.33. The Labute approximate surface area is 126 Å². The van der Waals surface area contributed by atoms with Crippen LogP contribution in [0.5, 0.6) is 0 Å². The van der Waals surface area contributed by atoms with Crippen LogP contribution in [0.15, 0.2) is 36.5 Å². The Morgan fingerprint density at radius 2 is 1.90 bits per heavy atom. The van der Waals surface area contributed by atoms with Crippen LogP contribution in [0.1, 0.15) is 44.7 Å². The minimum atomic E-state index is 0.466. The summed E-state index contributed by atoms with van der Waals surface area (Å²) in [6.45, 7) is 4.27. The molecule has 1 saturated carbocycles. The zero-order valence-electron chi connectivity index (χ0n) is 12.8. The van der Waals surface area contributed by atoms with E-state index in [2.05, 4.69) is 22.4 Å². The van der Waals surface area contributed by atoms with Crippen LogP contribution in [0.2, 0.25) is 0 Å². The zero-order valence-corrected chi connectivity index (χ0v) is 12.8. The third kappa shape index (κ3) is 3.70. The van der Waals surface area contributed by atoms with E-state index in [0.29, 0.717) is 5.41 Å². The molecule has 0 spiro atoms. The van der Waals surface area contributed by atoms with Gasteiger partial charge in [-0.25, -0.2) is 0 Å². The van der Waals surface area contributed by atoms with Crippen molar-refractivity contribution in [3.8, 4) is 5.69 Å². The molecule has 1 N–H and O–H groups in total. The second-order valence-corrected chi connectivity index (χ2v) is 6.44. The van der Waals surface area contributed by atoms with E-state index in [9.17, 15) is 0 Å². The fourth-order valence-corrected chi connectivity index (χ4v) is 3.14. The Balaban J connectivity index is 1.53. The number of aromatic nitrogens is 3. The number of rotatable bonds is 5. The molecule has 1 fully saturated rings. The van der Waals surface area contributed by atoms with E-state index in [1.54, 1.807) is 4.80 Å². The lowest BCUT2D eigenvalue weighted by Crippen LogP contribution is -2.33. The van der Waals surface area contributed by atoms with Crippen molar-refractivity contribution in [2.75, 3.05) is 6.54 Å². The van der Waals surface area contributed by atoms with Crippen molar-refractivity contribution < 1.29 is 0 Å². The zero-order chi connectivity index (χ0) is 14.5. The quantitative estimate of drug-likeness (QED) is 0.916. The molecule has 1 aliphatic rings. The van der Waals surface area contributed by atoms with Gasteiger partial charge in [-0.1, -0.05) is 44.4 Å². The summed E-state index contributed by atoms with van der Waals surface area (Å²) in [4.78, 5) is 1.69. The number of benzene rings is 1. The maximum absolute atomic E-state index is 4.53. The molecule has 21 heavy (non-hydrogen) atoms. The first-order valence-electron chi connectivity index (χ1n) is 7.93. The van der Waals surface area contributed by atoms with E-state index in [1.165, 1.54) is 32.1 Å². The molecule has 1 aromatic carbocycles. The fraction of sp³-hybridized carbons (Fsp3) is 0.529. The van der Waals surface area contributed by atoms with Gasteiger partial charge in [0.05, 0.1) is 17.6 Å². The molecule has 1 aliphatic carbocycles. The normalized spacial score (nSPS) is 17.8. The number of hydrogen-bond donors (Lipinski definition) is 1. The summed E-state index contributed by atoms with van der Waals surface area (Å²) in [6, 6.07) is 10.0. The summed E-state index contributed by atoms with van der Waals surface area (Å²) in [6.07, 6.45) is 8.70. The molecule has 0 amide bonds. The van der Waals surface area contributed by atoms with Crippen LogP contribution in [-0.2, 0) is 6.54 Å². The summed E-state index contributed by atoms with van der Waals surface area (Å²) in [7, 11) is 0. The highest BCUT2D eigenvalue weighted by atomic mass is 15.5. The van der Waals surface area contributed by atoms with E-state index in [4.69, 9.17) is 0 Å². The lowest BCUT2D eigenvalue weighted by molar-refractivity contribution is 0.207. The number of para-hydroxylation sites is 1. The predicted molar refractivity (Wildman–Crippen MR) is 84.3 cm³/mol. The molecule has 0 aliphatic heterocycles. The van der Waals surface area contributed by atoms with Crippen molar-refractivity contribution in [1.29, 1.82) is 0 Å². The Kier molecular flexibility index (Phi) is 4.34. The highest BCUT2D eigenvalue weighted by Gasteiger charge is 2.26. The third-order valence-electron chi connectivity index (χ3n) is 4.44. The maximum Gasteiger partial charge on any atom is 0.0969 e. The molecule has 4 nitrogen and oxygen atoms in total. The van der Waals surface area contributed by atoms with Gasteiger partial charge in [0, 0.05) is 13.1 Å². The Bertz CT molecular complexity index is 555. The van der Waals surface area contributed by atoms with Crippen LogP contribution in [0, 0.1) is 5.41 Å². The van der Waals surface area contributed by atoms with Gasteiger partial charge in [-0.3, -0.25) is 0 Å². The molecule has 2 aromatic rings. The van der Waals surface area contributed by atoms with E-state index >= 15 is 0 Å². The van der Waals surface area contributed by atoms with E-state index < -0.39 is 0 Å². The van der Waals surface area contributed by atoms with Crippen LogP contribution in [0.4, 0.5) is 0 Å². The van der Waals surface area contributed by atoms with Crippen molar-refractivity contribution >= 4 is 0 Å². The van der Waals surface area contributed by atoms with Crippen LogP contribution in [-0.4, -0.2) is 21.5 Å². The average molecular weight is 284 g/mol. The molecule has 112 valence electrons. The Morgan fingerprint density at radius 3 is 2.67 bits per heavy atom. The molecular formula is C17H24N4. The van der Waals surface area contributed by atoms with Gasteiger partial charge in [0.25, 0.3) is 0 Å². The van der Waals surface area contributed by atoms with Crippen molar-refractivity contribution in [3.63, 3.8) is 0 Å². The SMILES string of the molecule is CC1(CNCc2cnn(-c3ccccc3)n2)CCCCC1. The number of nitrogens with zero attached hydrogens (tertiary/aromatic N) is 3. The molecule has 0 saturated heterocycles. The second-order valence-electron chi connectivity index (χ2n) is 6.44. The molecule has 0 atom stereocenters. The van der Waals surface area contributed by atoms with E-state index in [-0.39, 0.29) is 0 Å². The fourth-order valence-electron chi connectivity index (χ4n) is 3.14. The lowest BCUT2D eigenvalue weighted by atomic mass is 9.76. The molecule has 3 rings (SSSR count). The molecule has 0 bridgehead atoms. The molecule has 1 heterocycles. The van der Waals surface area contributed by atoms with Crippen molar-refractivity contribution in [3.05, 3.63) is 42.2 Å². The minimum absolute atomic E-state index is 0.466. The van der Waals surface area contributed by atoms with Crippen LogP contribution >= 0.6 is 0 Å². The summed E-state index contributed by atoms with van der Waals surface area (Å²) >= 11 is 0. The largest absolute Gasteiger partial charge is 0.311 e. The smallest absolute Gasteiger partial charge is 0.0969 e. The Morgan fingerprint density at radius 1 is 1.14 bits per heavy atom. The van der Waals surface area contributed by atoms with Crippen LogP contribution < -0.4 is 5.32 Å². The second kappa shape index (κ2) is 6.39. The Hall–Kier alpha value is -1.68. The highest BCUT2D eigenvalue weighted by molar-refractivity contribution is 5.28. The topological polar surface area (TPSA) is 42.7 Å². The van der Waals surface area contributed by atoms with Gasteiger partial charge in [-0.2, -0.15) is 15.0 Å². The van der Waals surface area contributed by atoms with E-state index in [0.717, 1.165) is 24.5 Å². The number of hydrogen-bond acceptors (Lipinski definition) is 3. The first-order valence-corrected chi connectivity index (χ1v) is 7.93. The van der Waals surface area contributed by atoms with Gasteiger partial charge in [0.15, 0.2) is 0 Å². The van der Waals surface area contributed by atoms with Crippen molar-refractivity contribution in [2.24, 2.45) is 5.41 Å². The first-order chi connectivity index (χ1) is 10.3. The molecule has 0 unspecified atom stereocenters. The number of nitrogens with one attached hydrogen (secondary N) is 1. The highest BCUT2D eigenvalue weighted by Crippen LogP contribution is 2.34. The van der Waals surface area contributed by atoms with Gasteiger partial charge in [-0.05, 0) is 30.4 Å². The van der Waals surface area contributed by atoms with Crippen molar-refractivity contribution in [2.45, 2.75) is 45.6 Å². The summed E-state index contributed by atoms with van der Waals surface area (Å²) in [5.74, 6) is 0. The van der Waals surface area contributed by atoms with Gasteiger partial charge in [0.2, 0.25) is 0 Å². The van der Waals surface area contributed by atoms with Crippen LogP contribution in [0.3, 0.4) is 0 Å². The third-order valence-corrected chi connectivity index (χ3v) is 4.44. The average Bonchev–Trinajstić information content (AvgIpc) is 2.98. The summed E-state index contributed by atoms with van der Waals surface area (Å²) < 4.78 is 0. The molecular weight excluding hydrogens is 260 g/mol. The standard InChI is InChI=1S/C17H24N4/c1-17(10-6-3-7-11-17)14-18-12-15-13-19-21(20-15)16-8-4-2-5-9-16/h2,4-5,8-9,13,18H,3,6-7,10-12,14H2,1H3. The first kappa shape index (κ1) is 14.3. The maximum atomic E-state index is 4.53. The summed E-state index contributed by atoms with van der Waals surface area (Å²) in [5, 5.41) is 12.4. The van der Waals surface area contributed by atoms with Gasteiger partial charge < -0.3 is 5.32 Å². The molecule has 0 radical (unpaired) electrons. The monoisotopic (exact) mass is 284 g/mol. The molecule has 4 heteroatoms. The summed E-state index contributed by atoms with van der Waals surface area (Å²) in [5.41, 5.74) is 2.47. The van der Waals surface area contributed by atoms with Gasteiger partial charge in [0.1, 0.15) is 0 Å².